The summed E-state index contributed by atoms with van der Waals surface area (Å²) in [5.41, 5.74) is 0. The molecular weight excluding hydrogens is 234 g/mol. The molecule has 0 bridgehead atoms. The van der Waals surface area contributed by atoms with E-state index in [0.29, 0.717) is 18.8 Å². The zero-order chi connectivity index (χ0) is 12.4. The number of tetrazole rings is 1. The lowest BCUT2D eigenvalue weighted by molar-refractivity contribution is 0.0679. The standard InChI is InChI=1S/C11H13N5O2/c17-11(9-2-1-7-18-9)16-5-3-8(4-6-16)10-12-14-15-13-10/h1-2,7-8H,3-6H2,(H,12,13,14,15). The molecule has 3 rings (SSSR count). The predicted molar refractivity (Wildman–Crippen MR) is 60.8 cm³/mol. The van der Waals surface area contributed by atoms with Crippen molar-refractivity contribution in [2.24, 2.45) is 0 Å². The zero-order valence-corrected chi connectivity index (χ0v) is 9.74. The Morgan fingerprint density at radius 3 is 2.89 bits per heavy atom. The maximum absolute atomic E-state index is 12.0. The Bertz CT molecular complexity index is 500. The van der Waals surface area contributed by atoms with Gasteiger partial charge in [-0.1, -0.05) is 5.21 Å². The average molecular weight is 247 g/mol. The number of H-pyrrole nitrogens is 1. The van der Waals surface area contributed by atoms with Gasteiger partial charge in [-0.3, -0.25) is 4.79 Å². The first-order valence-electron chi connectivity index (χ1n) is 5.90. The quantitative estimate of drug-likeness (QED) is 0.848. The molecule has 1 aliphatic rings. The van der Waals surface area contributed by atoms with Gasteiger partial charge in [0.15, 0.2) is 11.6 Å². The Labute approximate surface area is 103 Å². The molecule has 2 aromatic heterocycles. The van der Waals surface area contributed by atoms with E-state index < -0.39 is 0 Å². The number of aromatic amines is 1. The molecule has 18 heavy (non-hydrogen) atoms. The molecular formula is C11H13N5O2. The van der Waals surface area contributed by atoms with Crippen molar-refractivity contribution in [1.29, 1.82) is 0 Å². The van der Waals surface area contributed by atoms with Crippen molar-refractivity contribution in [3.8, 4) is 0 Å². The van der Waals surface area contributed by atoms with Crippen LogP contribution in [-0.2, 0) is 0 Å². The van der Waals surface area contributed by atoms with Crippen LogP contribution in [0.1, 0.15) is 35.1 Å². The third-order valence-electron chi connectivity index (χ3n) is 3.24. The molecule has 0 saturated carbocycles. The lowest BCUT2D eigenvalue weighted by Crippen LogP contribution is -2.37. The van der Waals surface area contributed by atoms with Crippen LogP contribution in [0.5, 0.6) is 0 Å². The smallest absolute Gasteiger partial charge is 0.289 e. The molecule has 1 aliphatic heterocycles. The summed E-state index contributed by atoms with van der Waals surface area (Å²) in [4.78, 5) is 13.8. The van der Waals surface area contributed by atoms with Crippen molar-refractivity contribution in [2.75, 3.05) is 13.1 Å². The topological polar surface area (TPSA) is 87.9 Å². The fraction of sp³-hybridized carbons (Fsp3) is 0.455. The minimum atomic E-state index is -0.0495. The van der Waals surface area contributed by atoms with Crippen LogP contribution in [0, 0.1) is 0 Å². The highest BCUT2D eigenvalue weighted by atomic mass is 16.3. The molecule has 0 atom stereocenters. The van der Waals surface area contributed by atoms with Crippen molar-refractivity contribution in [2.45, 2.75) is 18.8 Å². The third kappa shape index (κ3) is 1.99. The second kappa shape index (κ2) is 4.59. The fourth-order valence-corrected chi connectivity index (χ4v) is 2.24. The number of likely N-dealkylation sites (tertiary alicyclic amines) is 1. The molecule has 1 fully saturated rings. The number of amides is 1. The van der Waals surface area contributed by atoms with Gasteiger partial charge in [0.2, 0.25) is 0 Å². The van der Waals surface area contributed by atoms with Crippen LogP contribution < -0.4 is 0 Å². The monoisotopic (exact) mass is 247 g/mol. The van der Waals surface area contributed by atoms with Crippen LogP contribution in [0.25, 0.3) is 0 Å². The van der Waals surface area contributed by atoms with E-state index in [0.717, 1.165) is 18.7 Å². The van der Waals surface area contributed by atoms with Crippen molar-refractivity contribution in [3.05, 3.63) is 30.0 Å². The number of nitrogens with zero attached hydrogens (tertiary/aromatic N) is 4. The van der Waals surface area contributed by atoms with Crippen LogP contribution in [-0.4, -0.2) is 44.5 Å². The average Bonchev–Trinajstić information content (AvgIpc) is 3.11. The number of rotatable bonds is 2. The maximum atomic E-state index is 12.0. The Morgan fingerprint density at radius 2 is 2.28 bits per heavy atom. The summed E-state index contributed by atoms with van der Waals surface area (Å²) < 4.78 is 5.12. The normalized spacial score (nSPS) is 17.0. The van der Waals surface area contributed by atoms with Crippen molar-refractivity contribution in [3.63, 3.8) is 0 Å². The van der Waals surface area contributed by atoms with Gasteiger partial charge >= 0.3 is 0 Å². The molecule has 1 amide bonds. The number of aromatic nitrogens is 4. The van der Waals surface area contributed by atoms with E-state index in [2.05, 4.69) is 20.6 Å². The Hall–Kier alpha value is -2.18. The molecule has 94 valence electrons. The SMILES string of the molecule is O=C(c1ccco1)N1CCC(c2nn[nH]n2)CC1. The van der Waals surface area contributed by atoms with Crippen LogP contribution in [0.3, 0.4) is 0 Å². The molecule has 0 radical (unpaired) electrons. The summed E-state index contributed by atoms with van der Waals surface area (Å²) in [7, 11) is 0. The van der Waals surface area contributed by atoms with Crippen LogP contribution in [0.2, 0.25) is 0 Å². The summed E-state index contributed by atoms with van der Waals surface area (Å²) >= 11 is 0. The Morgan fingerprint density at radius 1 is 1.44 bits per heavy atom. The molecule has 7 nitrogen and oxygen atoms in total. The minimum absolute atomic E-state index is 0.0495. The van der Waals surface area contributed by atoms with E-state index in [1.807, 2.05) is 0 Å². The van der Waals surface area contributed by atoms with E-state index in [1.165, 1.54) is 6.26 Å². The van der Waals surface area contributed by atoms with Crippen molar-refractivity contribution >= 4 is 5.91 Å². The molecule has 1 saturated heterocycles. The number of hydrogen-bond donors (Lipinski definition) is 1. The zero-order valence-electron chi connectivity index (χ0n) is 9.74. The fourth-order valence-electron chi connectivity index (χ4n) is 2.24. The summed E-state index contributed by atoms with van der Waals surface area (Å²) in [6, 6.07) is 3.41. The Balaban J connectivity index is 1.62. The van der Waals surface area contributed by atoms with Crippen molar-refractivity contribution < 1.29 is 9.21 Å². The molecule has 1 N–H and O–H groups in total. The van der Waals surface area contributed by atoms with Gasteiger partial charge in [-0.15, -0.1) is 10.2 Å². The van der Waals surface area contributed by atoms with E-state index in [1.54, 1.807) is 17.0 Å². The van der Waals surface area contributed by atoms with Gasteiger partial charge in [0.1, 0.15) is 0 Å². The van der Waals surface area contributed by atoms with E-state index >= 15 is 0 Å². The highest BCUT2D eigenvalue weighted by Gasteiger charge is 2.27. The number of hydrogen-bond acceptors (Lipinski definition) is 5. The van der Waals surface area contributed by atoms with Gasteiger partial charge in [-0.2, -0.15) is 5.21 Å². The molecule has 3 heterocycles. The van der Waals surface area contributed by atoms with E-state index in [4.69, 9.17) is 4.42 Å². The number of nitrogens with one attached hydrogen (secondary N) is 1. The van der Waals surface area contributed by atoms with Gasteiger partial charge in [0.25, 0.3) is 5.91 Å². The second-order valence-electron chi connectivity index (χ2n) is 4.31. The van der Waals surface area contributed by atoms with Gasteiger partial charge in [0, 0.05) is 19.0 Å². The molecule has 0 aromatic carbocycles. The summed E-state index contributed by atoms with van der Waals surface area (Å²) in [6.07, 6.45) is 3.22. The van der Waals surface area contributed by atoms with Gasteiger partial charge < -0.3 is 9.32 Å². The third-order valence-corrected chi connectivity index (χ3v) is 3.24. The van der Waals surface area contributed by atoms with Gasteiger partial charge in [-0.05, 0) is 25.0 Å². The largest absolute Gasteiger partial charge is 0.459 e. The first-order valence-corrected chi connectivity index (χ1v) is 5.90. The van der Waals surface area contributed by atoms with Crippen LogP contribution >= 0.6 is 0 Å². The highest BCUT2D eigenvalue weighted by Crippen LogP contribution is 2.25. The van der Waals surface area contributed by atoms with Crippen LogP contribution in [0.4, 0.5) is 0 Å². The minimum Gasteiger partial charge on any atom is -0.459 e. The number of carbonyl (C=O) groups is 1. The van der Waals surface area contributed by atoms with Crippen molar-refractivity contribution in [1.82, 2.24) is 25.5 Å². The Kier molecular flexibility index (Phi) is 2.79. The first kappa shape index (κ1) is 10.9. The predicted octanol–water partition coefficient (Wildman–Crippen LogP) is 0.812. The van der Waals surface area contributed by atoms with Gasteiger partial charge in [-0.25, -0.2) is 0 Å². The number of carbonyl (C=O) groups excluding carboxylic acids is 1. The second-order valence-corrected chi connectivity index (χ2v) is 4.31. The summed E-state index contributed by atoms with van der Waals surface area (Å²) in [5, 5.41) is 14.0. The molecule has 0 unspecified atom stereocenters. The number of furan rings is 1. The molecule has 7 heteroatoms. The summed E-state index contributed by atoms with van der Waals surface area (Å²) in [6.45, 7) is 1.39. The molecule has 0 spiro atoms. The van der Waals surface area contributed by atoms with E-state index in [9.17, 15) is 4.79 Å². The van der Waals surface area contributed by atoms with E-state index in [-0.39, 0.29) is 11.8 Å². The lowest BCUT2D eigenvalue weighted by atomic mass is 9.96. The van der Waals surface area contributed by atoms with Crippen LogP contribution in [0.15, 0.2) is 22.8 Å². The lowest BCUT2D eigenvalue weighted by Gasteiger charge is -2.29. The van der Waals surface area contributed by atoms with Gasteiger partial charge in [0.05, 0.1) is 6.26 Å². The highest BCUT2D eigenvalue weighted by molar-refractivity contribution is 5.91. The molecule has 0 aliphatic carbocycles. The first-order chi connectivity index (χ1) is 8.84. The maximum Gasteiger partial charge on any atom is 0.289 e. The summed E-state index contributed by atoms with van der Waals surface area (Å²) in [5.74, 6) is 1.36. The number of piperidine rings is 1. The molecule has 2 aromatic rings.